The highest BCUT2D eigenvalue weighted by Crippen LogP contribution is 2.31. The van der Waals surface area contributed by atoms with Crippen molar-refractivity contribution >= 4 is 0 Å². The molecule has 0 amide bonds. The van der Waals surface area contributed by atoms with Crippen LogP contribution in [0.3, 0.4) is 0 Å². The van der Waals surface area contributed by atoms with Crippen LogP contribution in [0.2, 0.25) is 0 Å². The molecule has 0 aliphatic heterocycles. The zero-order valence-corrected chi connectivity index (χ0v) is 13.7. The summed E-state index contributed by atoms with van der Waals surface area (Å²) in [6.07, 6.45) is 1.89. The molecule has 1 unspecified atom stereocenters. The van der Waals surface area contributed by atoms with E-state index in [0.29, 0.717) is 19.3 Å². The molecular formula is C18H27NO2. The molecule has 0 fully saturated rings. The minimum absolute atomic E-state index is 0.297. The molecule has 116 valence electrons. The van der Waals surface area contributed by atoms with E-state index in [-0.39, 0.29) is 0 Å². The quantitative estimate of drug-likeness (QED) is 0.699. The molecule has 0 aliphatic carbocycles. The van der Waals surface area contributed by atoms with Gasteiger partial charge in [-0.15, -0.1) is 11.8 Å². The molecule has 1 rings (SSSR count). The molecule has 0 spiro atoms. The number of nitrogens with one attached hydrogen (secondary N) is 1. The fourth-order valence-electron chi connectivity index (χ4n) is 2.26. The molecule has 3 nitrogen and oxygen atoms in total. The molecule has 0 saturated heterocycles. The monoisotopic (exact) mass is 289 g/mol. The lowest BCUT2D eigenvalue weighted by Gasteiger charge is -2.19. The summed E-state index contributed by atoms with van der Waals surface area (Å²) in [6.45, 7) is 10.2. The Bertz CT molecular complexity index is 474. The van der Waals surface area contributed by atoms with Gasteiger partial charge in [0.15, 0.2) is 11.5 Å². The van der Waals surface area contributed by atoms with Crippen LogP contribution in [0.15, 0.2) is 18.2 Å². The highest BCUT2D eigenvalue weighted by molar-refractivity contribution is 5.44. The Kier molecular flexibility index (Phi) is 8.38. The van der Waals surface area contributed by atoms with Crippen molar-refractivity contribution in [3.63, 3.8) is 0 Å². The van der Waals surface area contributed by atoms with Crippen LogP contribution in [-0.4, -0.2) is 19.8 Å². The number of benzene rings is 1. The summed E-state index contributed by atoms with van der Waals surface area (Å²) in [5.74, 6) is 7.72. The van der Waals surface area contributed by atoms with Gasteiger partial charge in [0.1, 0.15) is 0 Å². The highest BCUT2D eigenvalue weighted by Gasteiger charge is 2.13. The van der Waals surface area contributed by atoms with Gasteiger partial charge in [-0.25, -0.2) is 0 Å². The Morgan fingerprint density at radius 1 is 1.10 bits per heavy atom. The van der Waals surface area contributed by atoms with Crippen molar-refractivity contribution in [2.45, 2.75) is 46.6 Å². The minimum atomic E-state index is 0.297. The summed E-state index contributed by atoms with van der Waals surface area (Å²) in [7, 11) is 0. The molecule has 1 aromatic rings. The molecule has 0 aliphatic rings. The molecule has 0 heterocycles. The van der Waals surface area contributed by atoms with Crippen LogP contribution < -0.4 is 14.8 Å². The summed E-state index contributed by atoms with van der Waals surface area (Å²) in [6, 6.07) is 6.49. The van der Waals surface area contributed by atoms with E-state index in [1.807, 2.05) is 26.8 Å². The first-order valence-corrected chi connectivity index (χ1v) is 7.79. The van der Waals surface area contributed by atoms with Crippen molar-refractivity contribution in [2.75, 3.05) is 19.8 Å². The Morgan fingerprint density at radius 2 is 1.81 bits per heavy atom. The Morgan fingerprint density at radius 3 is 2.43 bits per heavy atom. The maximum Gasteiger partial charge on any atom is 0.161 e. The summed E-state index contributed by atoms with van der Waals surface area (Å²) < 4.78 is 11.3. The van der Waals surface area contributed by atoms with Gasteiger partial charge in [-0.1, -0.05) is 13.0 Å². The van der Waals surface area contributed by atoms with Gasteiger partial charge in [0.2, 0.25) is 0 Å². The predicted molar refractivity (Wildman–Crippen MR) is 87.9 cm³/mol. The van der Waals surface area contributed by atoms with Crippen molar-refractivity contribution in [3.05, 3.63) is 23.8 Å². The second kappa shape index (κ2) is 10.1. The molecule has 1 N–H and O–H groups in total. The maximum absolute atomic E-state index is 5.70. The molecule has 21 heavy (non-hydrogen) atoms. The van der Waals surface area contributed by atoms with Crippen LogP contribution in [-0.2, 0) is 0 Å². The van der Waals surface area contributed by atoms with Crippen molar-refractivity contribution in [2.24, 2.45) is 0 Å². The molecule has 3 heteroatoms. The Hall–Kier alpha value is -1.66. The van der Waals surface area contributed by atoms with E-state index in [0.717, 1.165) is 30.9 Å². The summed E-state index contributed by atoms with van der Waals surface area (Å²) in [5, 5.41) is 3.51. The van der Waals surface area contributed by atoms with Crippen LogP contribution >= 0.6 is 0 Å². The van der Waals surface area contributed by atoms with Gasteiger partial charge >= 0.3 is 0 Å². The number of hydrogen-bond acceptors (Lipinski definition) is 3. The number of hydrogen-bond donors (Lipinski definition) is 1. The van der Waals surface area contributed by atoms with E-state index >= 15 is 0 Å². The fraction of sp³-hybridized carbons (Fsp3) is 0.556. The third kappa shape index (κ3) is 5.69. The Balaban J connectivity index is 2.94. The average Bonchev–Trinajstić information content (AvgIpc) is 2.49. The van der Waals surface area contributed by atoms with Gasteiger partial charge < -0.3 is 14.8 Å². The molecule has 0 radical (unpaired) electrons. The lowest BCUT2D eigenvalue weighted by Crippen LogP contribution is -2.20. The van der Waals surface area contributed by atoms with E-state index < -0.39 is 0 Å². The van der Waals surface area contributed by atoms with E-state index in [4.69, 9.17) is 9.47 Å². The lowest BCUT2D eigenvalue weighted by atomic mass is 10.0. The van der Waals surface area contributed by atoms with Crippen LogP contribution in [0, 0.1) is 11.8 Å². The van der Waals surface area contributed by atoms with Gasteiger partial charge in [-0.3, -0.25) is 0 Å². The van der Waals surface area contributed by atoms with E-state index in [1.54, 1.807) is 0 Å². The molecular weight excluding hydrogens is 262 g/mol. The largest absolute Gasteiger partial charge is 0.490 e. The van der Waals surface area contributed by atoms with Crippen LogP contribution in [0.25, 0.3) is 0 Å². The first-order valence-electron chi connectivity index (χ1n) is 7.79. The standard InChI is InChI=1S/C18H27NO2/c1-5-9-10-11-16(19-6-2)15-12-13-17(20-7-3)18(14-15)21-8-4/h12-14,16,19H,6-8,10-11H2,1-4H3. The van der Waals surface area contributed by atoms with Gasteiger partial charge in [0.05, 0.1) is 13.2 Å². The number of rotatable bonds is 9. The van der Waals surface area contributed by atoms with Crippen molar-refractivity contribution in [1.82, 2.24) is 5.32 Å². The van der Waals surface area contributed by atoms with Crippen LogP contribution in [0.4, 0.5) is 0 Å². The highest BCUT2D eigenvalue weighted by atomic mass is 16.5. The smallest absolute Gasteiger partial charge is 0.161 e. The van der Waals surface area contributed by atoms with Crippen LogP contribution in [0.1, 0.15) is 52.1 Å². The molecule has 0 saturated carbocycles. The second-order valence-corrected chi connectivity index (χ2v) is 4.65. The van der Waals surface area contributed by atoms with E-state index in [9.17, 15) is 0 Å². The molecule has 1 atom stereocenters. The fourth-order valence-corrected chi connectivity index (χ4v) is 2.26. The average molecular weight is 289 g/mol. The Labute approximate surface area is 129 Å². The SMILES string of the molecule is CC#CCCC(NCC)c1ccc(OCC)c(OCC)c1. The zero-order valence-electron chi connectivity index (χ0n) is 13.7. The van der Waals surface area contributed by atoms with Gasteiger partial charge in [-0.05, 0) is 51.4 Å². The molecule has 1 aromatic carbocycles. The molecule has 0 bridgehead atoms. The lowest BCUT2D eigenvalue weighted by molar-refractivity contribution is 0.287. The van der Waals surface area contributed by atoms with E-state index in [2.05, 4.69) is 36.2 Å². The summed E-state index contributed by atoms with van der Waals surface area (Å²) in [5.41, 5.74) is 1.22. The number of ether oxygens (including phenoxy) is 2. The van der Waals surface area contributed by atoms with Gasteiger partial charge in [0, 0.05) is 12.5 Å². The topological polar surface area (TPSA) is 30.5 Å². The van der Waals surface area contributed by atoms with Gasteiger partial charge in [-0.2, -0.15) is 0 Å². The van der Waals surface area contributed by atoms with E-state index in [1.165, 1.54) is 5.56 Å². The third-order valence-corrected chi connectivity index (χ3v) is 3.16. The first kappa shape index (κ1) is 17.4. The zero-order chi connectivity index (χ0) is 15.5. The third-order valence-electron chi connectivity index (χ3n) is 3.16. The van der Waals surface area contributed by atoms with Crippen molar-refractivity contribution < 1.29 is 9.47 Å². The van der Waals surface area contributed by atoms with Crippen LogP contribution in [0.5, 0.6) is 11.5 Å². The predicted octanol–water partition coefficient (Wildman–Crippen LogP) is 3.94. The summed E-state index contributed by atoms with van der Waals surface area (Å²) >= 11 is 0. The van der Waals surface area contributed by atoms with Crippen molar-refractivity contribution in [1.29, 1.82) is 0 Å². The van der Waals surface area contributed by atoms with Gasteiger partial charge in [0.25, 0.3) is 0 Å². The first-order chi connectivity index (χ1) is 10.3. The minimum Gasteiger partial charge on any atom is -0.490 e. The second-order valence-electron chi connectivity index (χ2n) is 4.65. The summed E-state index contributed by atoms with van der Waals surface area (Å²) in [4.78, 5) is 0. The normalized spacial score (nSPS) is 11.4. The van der Waals surface area contributed by atoms with Crippen molar-refractivity contribution in [3.8, 4) is 23.3 Å². The molecule has 0 aromatic heterocycles. The maximum atomic E-state index is 5.70.